The summed E-state index contributed by atoms with van der Waals surface area (Å²) in [6, 6.07) is 22.8. The number of nitrogens with zero attached hydrogens (tertiary/aromatic N) is 1. The van der Waals surface area contributed by atoms with Gasteiger partial charge in [0.2, 0.25) is 0 Å². The van der Waals surface area contributed by atoms with Crippen LogP contribution in [0, 0.1) is 0 Å². The van der Waals surface area contributed by atoms with E-state index in [1.165, 1.54) is 12.1 Å². The van der Waals surface area contributed by atoms with Gasteiger partial charge in [0, 0.05) is 23.0 Å². The molecule has 2 atom stereocenters. The molecule has 4 rings (SSSR count). The Labute approximate surface area is 191 Å². The first-order valence-electron chi connectivity index (χ1n) is 10.7. The summed E-state index contributed by atoms with van der Waals surface area (Å²) in [6.07, 6.45) is -4.37. The van der Waals surface area contributed by atoms with Gasteiger partial charge in [0.15, 0.2) is 0 Å². The predicted molar refractivity (Wildman–Crippen MR) is 125 cm³/mol. The molecule has 1 N–H and O–H groups in total. The number of alkyl halides is 3. The Morgan fingerprint density at radius 1 is 0.848 bits per heavy atom. The lowest BCUT2D eigenvalue weighted by Crippen LogP contribution is -2.23. The van der Waals surface area contributed by atoms with E-state index in [1.54, 1.807) is 7.11 Å². The molecule has 0 fully saturated rings. The summed E-state index contributed by atoms with van der Waals surface area (Å²) in [4.78, 5) is 4.87. The first-order chi connectivity index (χ1) is 15.8. The highest BCUT2D eigenvalue weighted by molar-refractivity contribution is 5.94. The SMILES string of the molecule is COc1cccc([C@@H](C)NC(C)c2cc3ccccc3c(-c3ccc(C(F)(F)F)cc3)n2)c1. The van der Waals surface area contributed by atoms with Gasteiger partial charge in [-0.05, 0) is 55.1 Å². The van der Waals surface area contributed by atoms with Crippen LogP contribution in [0.3, 0.4) is 0 Å². The van der Waals surface area contributed by atoms with Gasteiger partial charge in [0.1, 0.15) is 5.75 Å². The van der Waals surface area contributed by atoms with Crippen LogP contribution in [0.1, 0.15) is 42.8 Å². The number of hydrogen-bond donors (Lipinski definition) is 1. The smallest absolute Gasteiger partial charge is 0.416 e. The summed E-state index contributed by atoms with van der Waals surface area (Å²) >= 11 is 0. The van der Waals surface area contributed by atoms with Gasteiger partial charge < -0.3 is 10.1 Å². The van der Waals surface area contributed by atoms with E-state index in [2.05, 4.69) is 12.2 Å². The molecule has 4 aromatic rings. The van der Waals surface area contributed by atoms with Crippen molar-refractivity contribution in [2.75, 3.05) is 7.11 Å². The van der Waals surface area contributed by atoms with Crippen molar-refractivity contribution in [1.82, 2.24) is 10.3 Å². The van der Waals surface area contributed by atoms with Gasteiger partial charge in [-0.1, -0.05) is 48.5 Å². The number of nitrogens with one attached hydrogen (secondary N) is 1. The molecule has 0 saturated carbocycles. The second-order valence-corrected chi connectivity index (χ2v) is 8.08. The largest absolute Gasteiger partial charge is 0.497 e. The minimum Gasteiger partial charge on any atom is -0.497 e. The van der Waals surface area contributed by atoms with Gasteiger partial charge in [0.05, 0.1) is 24.1 Å². The molecule has 170 valence electrons. The molecule has 1 heterocycles. The second-order valence-electron chi connectivity index (χ2n) is 8.08. The van der Waals surface area contributed by atoms with Crippen molar-refractivity contribution in [2.45, 2.75) is 32.1 Å². The lowest BCUT2D eigenvalue weighted by molar-refractivity contribution is -0.137. The fraction of sp³-hybridized carbons (Fsp3) is 0.222. The number of ether oxygens (including phenoxy) is 1. The number of benzene rings is 3. The molecule has 6 heteroatoms. The molecule has 3 aromatic carbocycles. The minimum atomic E-state index is -4.37. The van der Waals surface area contributed by atoms with Crippen LogP contribution in [0.4, 0.5) is 13.2 Å². The highest BCUT2D eigenvalue weighted by Crippen LogP contribution is 2.34. The van der Waals surface area contributed by atoms with E-state index in [0.717, 1.165) is 39.9 Å². The van der Waals surface area contributed by atoms with Crippen LogP contribution >= 0.6 is 0 Å². The first kappa shape index (κ1) is 22.8. The highest BCUT2D eigenvalue weighted by atomic mass is 19.4. The van der Waals surface area contributed by atoms with Crippen LogP contribution in [0.2, 0.25) is 0 Å². The van der Waals surface area contributed by atoms with E-state index in [9.17, 15) is 13.2 Å². The molecular weight excluding hydrogens is 425 g/mol. The third-order valence-electron chi connectivity index (χ3n) is 5.78. The van der Waals surface area contributed by atoms with E-state index >= 15 is 0 Å². The maximum Gasteiger partial charge on any atom is 0.416 e. The highest BCUT2D eigenvalue weighted by Gasteiger charge is 2.30. The van der Waals surface area contributed by atoms with Crippen molar-refractivity contribution in [1.29, 1.82) is 0 Å². The Kier molecular flexibility index (Phi) is 6.38. The zero-order valence-electron chi connectivity index (χ0n) is 18.6. The van der Waals surface area contributed by atoms with E-state index in [-0.39, 0.29) is 12.1 Å². The van der Waals surface area contributed by atoms with Gasteiger partial charge in [-0.25, -0.2) is 0 Å². The Morgan fingerprint density at radius 3 is 2.27 bits per heavy atom. The summed E-state index contributed by atoms with van der Waals surface area (Å²) < 4.78 is 44.4. The van der Waals surface area contributed by atoms with Crippen molar-refractivity contribution in [3.05, 3.63) is 95.7 Å². The van der Waals surface area contributed by atoms with Crippen LogP contribution < -0.4 is 10.1 Å². The number of methoxy groups -OCH3 is 1. The van der Waals surface area contributed by atoms with Gasteiger partial charge in [-0.3, -0.25) is 4.98 Å². The topological polar surface area (TPSA) is 34.1 Å². The molecule has 33 heavy (non-hydrogen) atoms. The first-order valence-corrected chi connectivity index (χ1v) is 10.7. The molecule has 0 aliphatic carbocycles. The van der Waals surface area contributed by atoms with Gasteiger partial charge >= 0.3 is 6.18 Å². The normalized spacial score (nSPS) is 13.6. The van der Waals surface area contributed by atoms with Gasteiger partial charge in [0.25, 0.3) is 0 Å². The molecule has 0 radical (unpaired) electrons. The molecule has 0 amide bonds. The van der Waals surface area contributed by atoms with Gasteiger partial charge in [-0.2, -0.15) is 13.2 Å². The lowest BCUT2D eigenvalue weighted by Gasteiger charge is -2.22. The zero-order valence-corrected chi connectivity index (χ0v) is 18.6. The molecule has 1 aromatic heterocycles. The van der Waals surface area contributed by atoms with Crippen LogP contribution in [0.5, 0.6) is 5.75 Å². The van der Waals surface area contributed by atoms with Crippen LogP contribution in [0.15, 0.2) is 78.9 Å². The van der Waals surface area contributed by atoms with Crippen molar-refractivity contribution in [3.8, 4) is 17.0 Å². The quantitative estimate of drug-likeness (QED) is 0.334. The lowest BCUT2D eigenvalue weighted by atomic mass is 10.00. The maximum absolute atomic E-state index is 13.0. The summed E-state index contributed by atoms with van der Waals surface area (Å²) in [6.45, 7) is 4.10. The number of fused-ring (bicyclic) bond motifs is 1. The number of pyridine rings is 1. The Morgan fingerprint density at radius 2 is 1.58 bits per heavy atom. The number of rotatable bonds is 6. The average molecular weight is 451 g/mol. The van der Waals surface area contributed by atoms with Crippen LogP contribution in [-0.2, 0) is 6.18 Å². The van der Waals surface area contributed by atoms with Crippen LogP contribution in [0.25, 0.3) is 22.0 Å². The Hall–Kier alpha value is -3.38. The standard InChI is InChI=1S/C27H25F3N2O/c1-17(20-8-6-9-23(15-20)33-3)31-18(2)25-16-21-7-4-5-10-24(21)26(32-25)19-11-13-22(14-12-19)27(28,29)30/h4-18,31H,1-3H3/t17-,18?/m1/s1. The number of hydrogen-bond acceptors (Lipinski definition) is 3. The fourth-order valence-electron chi connectivity index (χ4n) is 3.95. The zero-order chi connectivity index (χ0) is 23.6. The van der Waals surface area contributed by atoms with E-state index < -0.39 is 11.7 Å². The van der Waals surface area contributed by atoms with E-state index in [4.69, 9.17) is 9.72 Å². The molecule has 3 nitrogen and oxygen atoms in total. The van der Waals surface area contributed by atoms with Crippen molar-refractivity contribution < 1.29 is 17.9 Å². The van der Waals surface area contributed by atoms with Crippen molar-refractivity contribution in [2.24, 2.45) is 0 Å². The number of aromatic nitrogens is 1. The molecule has 0 spiro atoms. The fourth-order valence-corrected chi connectivity index (χ4v) is 3.95. The summed E-state index contributed by atoms with van der Waals surface area (Å²) in [7, 11) is 1.64. The summed E-state index contributed by atoms with van der Waals surface area (Å²) in [5.41, 5.74) is 2.55. The molecule has 0 saturated heterocycles. The Bertz CT molecular complexity index is 1250. The second kappa shape index (κ2) is 9.24. The molecule has 0 aliphatic heterocycles. The molecule has 1 unspecified atom stereocenters. The average Bonchev–Trinajstić information content (AvgIpc) is 2.82. The third kappa shape index (κ3) is 5.01. The molecule has 0 aliphatic rings. The number of halogens is 3. The summed E-state index contributed by atoms with van der Waals surface area (Å²) in [5.74, 6) is 0.794. The van der Waals surface area contributed by atoms with E-state index in [0.29, 0.717) is 11.3 Å². The maximum atomic E-state index is 13.0. The Balaban J connectivity index is 1.68. The summed E-state index contributed by atoms with van der Waals surface area (Å²) in [5, 5.41) is 5.45. The van der Waals surface area contributed by atoms with Crippen molar-refractivity contribution in [3.63, 3.8) is 0 Å². The molecular formula is C27H25F3N2O. The van der Waals surface area contributed by atoms with E-state index in [1.807, 2.05) is 61.5 Å². The third-order valence-corrected chi connectivity index (χ3v) is 5.78. The molecule has 0 bridgehead atoms. The predicted octanol–water partition coefficient (Wildman–Crippen LogP) is 7.34. The van der Waals surface area contributed by atoms with Crippen molar-refractivity contribution >= 4 is 10.8 Å². The van der Waals surface area contributed by atoms with Gasteiger partial charge in [-0.15, -0.1) is 0 Å². The monoisotopic (exact) mass is 450 g/mol. The van der Waals surface area contributed by atoms with Crippen LogP contribution in [-0.4, -0.2) is 12.1 Å². The minimum absolute atomic E-state index is 0.0397.